The highest BCUT2D eigenvalue weighted by molar-refractivity contribution is 9.10. The molecule has 4 rings (SSSR count). The molecule has 0 radical (unpaired) electrons. The molecule has 1 N–H and O–H groups in total. The Kier molecular flexibility index (Phi) is 5.11. The second-order valence-corrected chi connectivity index (χ2v) is 8.05. The summed E-state index contributed by atoms with van der Waals surface area (Å²) in [4.78, 5) is 15.7. The Balaban J connectivity index is 1.73. The monoisotopic (exact) mass is 395 g/mol. The van der Waals surface area contributed by atoms with E-state index < -0.39 is 0 Å². The first-order valence-electron chi connectivity index (χ1n) is 8.59. The third-order valence-electron chi connectivity index (χ3n) is 5.06. The van der Waals surface area contributed by atoms with Gasteiger partial charge in [-0.1, -0.05) is 13.8 Å². The second kappa shape index (κ2) is 6.96. The molecule has 0 spiro atoms. The van der Waals surface area contributed by atoms with Crippen molar-refractivity contribution in [1.82, 2.24) is 14.9 Å². The summed E-state index contributed by atoms with van der Waals surface area (Å²) in [5.74, 6) is 1.41. The summed E-state index contributed by atoms with van der Waals surface area (Å²) >= 11 is 3.50. The Labute approximate surface area is 152 Å². The van der Waals surface area contributed by atoms with Crippen molar-refractivity contribution < 1.29 is 4.74 Å². The van der Waals surface area contributed by atoms with E-state index in [9.17, 15) is 0 Å². The van der Waals surface area contributed by atoms with Gasteiger partial charge in [0.25, 0.3) is 6.02 Å². The van der Waals surface area contributed by atoms with E-state index in [1.807, 2.05) is 0 Å². The molecule has 3 aliphatic heterocycles. The number of piperidine rings is 3. The van der Waals surface area contributed by atoms with E-state index in [0.29, 0.717) is 23.8 Å². The average molecular weight is 396 g/mol. The van der Waals surface area contributed by atoms with Gasteiger partial charge in [0.05, 0.1) is 10.2 Å². The van der Waals surface area contributed by atoms with Crippen LogP contribution in [0.15, 0.2) is 15.7 Å². The van der Waals surface area contributed by atoms with Gasteiger partial charge < -0.3 is 4.74 Å². The largest absolute Gasteiger partial charge is 0.457 e. The summed E-state index contributed by atoms with van der Waals surface area (Å²) < 4.78 is 7.22. The highest BCUT2D eigenvalue weighted by atomic mass is 79.9. The van der Waals surface area contributed by atoms with E-state index in [2.05, 4.69) is 61.9 Å². The molecule has 0 aliphatic carbocycles. The van der Waals surface area contributed by atoms with Gasteiger partial charge in [-0.25, -0.2) is 15.0 Å². The van der Waals surface area contributed by atoms with Gasteiger partial charge in [0.1, 0.15) is 5.60 Å². The molecule has 0 saturated carbocycles. The molecule has 1 atom stereocenters. The lowest BCUT2D eigenvalue weighted by Crippen LogP contribution is -2.59. The van der Waals surface area contributed by atoms with Crippen LogP contribution in [0, 0.1) is 5.92 Å². The summed E-state index contributed by atoms with van der Waals surface area (Å²) in [6.07, 6.45) is 4.16. The number of fused-ring (bicyclic) bond motifs is 3. The summed E-state index contributed by atoms with van der Waals surface area (Å²) in [5.41, 5.74) is 0.770. The number of hydrogen-bond acceptors (Lipinski definition) is 5. The lowest BCUT2D eigenvalue weighted by molar-refractivity contribution is -0.0886. The number of amidine groups is 1. The van der Waals surface area contributed by atoms with Crippen molar-refractivity contribution in [2.45, 2.75) is 45.1 Å². The average Bonchev–Trinajstić information content (AvgIpc) is 2.56. The fourth-order valence-corrected chi connectivity index (χ4v) is 4.33. The van der Waals surface area contributed by atoms with Crippen molar-refractivity contribution in [3.8, 4) is 0 Å². The maximum atomic E-state index is 6.30. The Bertz CT molecular complexity index is 627. The minimum atomic E-state index is -0.200. The van der Waals surface area contributed by atoms with Gasteiger partial charge in [0, 0.05) is 25.7 Å². The molecular weight excluding hydrogens is 370 g/mol. The number of hydrogen-bond donors (Lipinski definition) is 1. The Morgan fingerprint density at radius 1 is 1.46 bits per heavy atom. The highest BCUT2D eigenvalue weighted by Gasteiger charge is 2.45. The third-order valence-corrected chi connectivity index (χ3v) is 5.67. The van der Waals surface area contributed by atoms with Crippen LogP contribution in [0.4, 0.5) is 5.95 Å². The molecule has 0 amide bonds. The summed E-state index contributed by atoms with van der Waals surface area (Å²) in [5, 5.41) is 3.15. The molecular formula is C17H26BrN5O. The fourth-order valence-electron chi connectivity index (χ4n) is 3.68. The molecule has 132 valence electrons. The molecule has 2 bridgehead atoms. The molecule has 24 heavy (non-hydrogen) atoms. The van der Waals surface area contributed by atoms with Crippen molar-refractivity contribution in [2.75, 3.05) is 32.0 Å². The predicted octanol–water partition coefficient (Wildman–Crippen LogP) is 3.26. The Morgan fingerprint density at radius 2 is 2.17 bits per heavy atom. The maximum absolute atomic E-state index is 6.30. The minimum absolute atomic E-state index is 0.200. The van der Waals surface area contributed by atoms with Crippen molar-refractivity contribution in [3.05, 3.63) is 16.4 Å². The van der Waals surface area contributed by atoms with Crippen LogP contribution in [0.1, 0.15) is 45.2 Å². The normalized spacial score (nSPS) is 29.8. The van der Waals surface area contributed by atoms with Crippen molar-refractivity contribution in [3.63, 3.8) is 0 Å². The molecule has 3 fully saturated rings. The Morgan fingerprint density at radius 3 is 2.71 bits per heavy atom. The first-order valence-corrected chi connectivity index (χ1v) is 9.38. The van der Waals surface area contributed by atoms with Crippen molar-refractivity contribution >= 4 is 27.9 Å². The lowest BCUT2D eigenvalue weighted by Gasteiger charge is -2.51. The van der Waals surface area contributed by atoms with Crippen LogP contribution in [-0.2, 0) is 4.74 Å². The number of anilines is 1. The Hall–Kier alpha value is -1.21. The van der Waals surface area contributed by atoms with Crippen molar-refractivity contribution in [2.24, 2.45) is 10.9 Å². The van der Waals surface area contributed by atoms with E-state index in [1.54, 1.807) is 13.2 Å². The molecule has 0 aromatic carbocycles. The number of aliphatic imine (C=N–C) groups is 1. The molecule has 1 aromatic heterocycles. The molecule has 4 heterocycles. The molecule has 6 nitrogen and oxygen atoms in total. The molecule has 1 aromatic rings. The highest BCUT2D eigenvalue weighted by Crippen LogP contribution is 2.38. The molecule has 0 unspecified atom stereocenters. The van der Waals surface area contributed by atoms with E-state index in [4.69, 9.17) is 4.74 Å². The minimum Gasteiger partial charge on any atom is -0.457 e. The summed E-state index contributed by atoms with van der Waals surface area (Å²) in [6, 6.07) is 0.489. The summed E-state index contributed by atoms with van der Waals surface area (Å²) in [6.45, 7) is 9.73. The van der Waals surface area contributed by atoms with Crippen LogP contribution in [0.5, 0.6) is 0 Å². The lowest BCUT2D eigenvalue weighted by atomic mass is 9.76. The first-order chi connectivity index (χ1) is 11.4. The predicted molar refractivity (Wildman–Crippen MR) is 99.5 cm³/mol. The zero-order valence-electron chi connectivity index (χ0n) is 14.8. The van der Waals surface area contributed by atoms with E-state index in [1.165, 1.54) is 25.9 Å². The zero-order chi connectivity index (χ0) is 17.3. The molecule has 7 heteroatoms. The SMILES string of the molecule is CN=C(Nc1ncc(Br)c(C(C)C)n1)O[C@@]1(C)CN2CCC1CC2. The number of rotatable bonds is 3. The zero-order valence-corrected chi connectivity index (χ0v) is 16.4. The van der Waals surface area contributed by atoms with Crippen LogP contribution < -0.4 is 5.32 Å². The standard InChI is InChI=1S/C17H26BrN5O/c1-11(2)14-13(18)9-20-15(21-14)22-16(19-4)24-17(3)10-23-7-5-12(17)6-8-23/h9,11-12H,5-8,10H2,1-4H3,(H,19,20,21,22)/t17-/m0/s1. The second-order valence-electron chi connectivity index (χ2n) is 7.20. The van der Waals surface area contributed by atoms with E-state index >= 15 is 0 Å². The van der Waals surface area contributed by atoms with Crippen molar-refractivity contribution in [1.29, 1.82) is 0 Å². The van der Waals surface area contributed by atoms with Gasteiger partial charge in [-0.15, -0.1) is 0 Å². The quantitative estimate of drug-likeness (QED) is 0.628. The molecule has 3 saturated heterocycles. The van der Waals surface area contributed by atoms with E-state index in [0.717, 1.165) is 16.7 Å². The number of halogens is 1. The number of aromatic nitrogens is 2. The number of nitrogens with zero attached hydrogens (tertiary/aromatic N) is 4. The van der Waals surface area contributed by atoms with Gasteiger partial charge in [0.15, 0.2) is 0 Å². The summed E-state index contributed by atoms with van der Waals surface area (Å²) in [7, 11) is 1.73. The third kappa shape index (κ3) is 3.57. The van der Waals surface area contributed by atoms with Crippen LogP contribution in [0.3, 0.4) is 0 Å². The van der Waals surface area contributed by atoms with E-state index in [-0.39, 0.29) is 5.60 Å². The number of nitrogens with one attached hydrogen (secondary N) is 1. The topological polar surface area (TPSA) is 62.6 Å². The van der Waals surface area contributed by atoms with Gasteiger partial charge in [-0.05, 0) is 54.7 Å². The van der Waals surface area contributed by atoms with Crippen LogP contribution in [-0.4, -0.2) is 53.2 Å². The van der Waals surface area contributed by atoms with Crippen LogP contribution in [0.2, 0.25) is 0 Å². The number of ether oxygens (including phenoxy) is 1. The van der Waals surface area contributed by atoms with Crippen LogP contribution >= 0.6 is 15.9 Å². The van der Waals surface area contributed by atoms with Gasteiger partial charge in [-0.2, -0.15) is 0 Å². The van der Waals surface area contributed by atoms with Gasteiger partial charge in [0.2, 0.25) is 5.95 Å². The fraction of sp³-hybridized carbons (Fsp3) is 0.706. The maximum Gasteiger partial charge on any atom is 0.291 e. The molecule has 3 aliphatic rings. The van der Waals surface area contributed by atoms with Gasteiger partial charge >= 0.3 is 0 Å². The first kappa shape index (κ1) is 17.6. The van der Waals surface area contributed by atoms with Crippen LogP contribution in [0.25, 0.3) is 0 Å². The van der Waals surface area contributed by atoms with Gasteiger partial charge in [-0.3, -0.25) is 10.2 Å². The smallest absolute Gasteiger partial charge is 0.291 e.